The van der Waals surface area contributed by atoms with E-state index >= 15 is 0 Å². The SMILES string of the molecule is CC[C@H](Sc1ccc(Cl)cc1)C(=O)Nc1ccc(C(=O)O)cc1. The first kappa shape index (κ1) is 17.4. The van der Waals surface area contributed by atoms with Gasteiger partial charge in [0.2, 0.25) is 5.91 Å². The summed E-state index contributed by atoms with van der Waals surface area (Å²) in [6, 6.07) is 13.4. The van der Waals surface area contributed by atoms with Crippen LogP contribution in [-0.4, -0.2) is 22.2 Å². The Morgan fingerprint density at radius 2 is 1.74 bits per heavy atom. The lowest BCUT2D eigenvalue weighted by atomic mass is 10.2. The number of halogens is 1. The van der Waals surface area contributed by atoms with Gasteiger partial charge in [-0.15, -0.1) is 11.8 Å². The summed E-state index contributed by atoms with van der Waals surface area (Å²) in [7, 11) is 0. The third-order valence-electron chi connectivity index (χ3n) is 3.15. The van der Waals surface area contributed by atoms with E-state index in [4.69, 9.17) is 16.7 Å². The van der Waals surface area contributed by atoms with Gasteiger partial charge in [-0.05, 0) is 55.0 Å². The van der Waals surface area contributed by atoms with Crippen LogP contribution in [0.25, 0.3) is 0 Å². The summed E-state index contributed by atoms with van der Waals surface area (Å²) >= 11 is 7.32. The van der Waals surface area contributed by atoms with E-state index in [0.717, 1.165) is 4.90 Å². The predicted octanol–water partition coefficient (Wildman–Crippen LogP) is 4.55. The maximum atomic E-state index is 12.4. The third kappa shape index (κ3) is 5.01. The second-order valence-electron chi connectivity index (χ2n) is 4.84. The zero-order chi connectivity index (χ0) is 16.8. The van der Waals surface area contributed by atoms with Crippen molar-refractivity contribution in [3.8, 4) is 0 Å². The molecular formula is C17H16ClNO3S. The zero-order valence-corrected chi connectivity index (χ0v) is 14.0. The summed E-state index contributed by atoms with van der Waals surface area (Å²) in [5.74, 6) is -1.11. The first-order valence-electron chi connectivity index (χ1n) is 7.06. The van der Waals surface area contributed by atoms with Crippen LogP contribution in [0.2, 0.25) is 5.02 Å². The summed E-state index contributed by atoms with van der Waals surface area (Å²) in [6.45, 7) is 1.95. The van der Waals surface area contributed by atoms with Crippen LogP contribution in [0.4, 0.5) is 5.69 Å². The van der Waals surface area contributed by atoms with E-state index in [9.17, 15) is 9.59 Å². The van der Waals surface area contributed by atoms with Crippen molar-refractivity contribution in [2.75, 3.05) is 5.32 Å². The van der Waals surface area contributed by atoms with E-state index in [-0.39, 0.29) is 16.7 Å². The van der Waals surface area contributed by atoms with Gasteiger partial charge in [-0.3, -0.25) is 4.79 Å². The van der Waals surface area contributed by atoms with Gasteiger partial charge in [0.1, 0.15) is 0 Å². The number of anilines is 1. The average Bonchev–Trinajstić information content (AvgIpc) is 2.54. The van der Waals surface area contributed by atoms with Crippen LogP contribution in [0.15, 0.2) is 53.4 Å². The number of thioether (sulfide) groups is 1. The highest BCUT2D eigenvalue weighted by Gasteiger charge is 2.18. The van der Waals surface area contributed by atoms with E-state index < -0.39 is 5.97 Å². The summed E-state index contributed by atoms with van der Waals surface area (Å²) in [4.78, 5) is 24.1. The third-order valence-corrected chi connectivity index (χ3v) is 4.78. The van der Waals surface area contributed by atoms with E-state index in [2.05, 4.69) is 5.32 Å². The molecule has 0 aromatic heterocycles. The molecule has 120 valence electrons. The number of hydrogen-bond acceptors (Lipinski definition) is 3. The lowest BCUT2D eigenvalue weighted by Crippen LogP contribution is -2.24. The van der Waals surface area contributed by atoms with Crippen LogP contribution < -0.4 is 5.32 Å². The zero-order valence-electron chi connectivity index (χ0n) is 12.5. The minimum atomic E-state index is -0.993. The van der Waals surface area contributed by atoms with Gasteiger partial charge in [0.05, 0.1) is 10.8 Å². The number of aromatic carboxylic acids is 1. The molecule has 0 unspecified atom stereocenters. The van der Waals surface area contributed by atoms with Crippen molar-refractivity contribution < 1.29 is 14.7 Å². The molecule has 0 saturated heterocycles. The van der Waals surface area contributed by atoms with Gasteiger partial charge in [0, 0.05) is 15.6 Å². The topological polar surface area (TPSA) is 66.4 Å². The Kier molecular flexibility index (Phi) is 6.07. The number of amides is 1. The van der Waals surface area contributed by atoms with Crippen molar-refractivity contribution in [1.29, 1.82) is 0 Å². The Morgan fingerprint density at radius 3 is 2.26 bits per heavy atom. The molecule has 0 aliphatic heterocycles. The molecule has 0 saturated carbocycles. The number of rotatable bonds is 6. The van der Waals surface area contributed by atoms with Crippen molar-refractivity contribution in [2.45, 2.75) is 23.5 Å². The molecule has 1 atom stereocenters. The van der Waals surface area contributed by atoms with Crippen LogP contribution in [0.3, 0.4) is 0 Å². The van der Waals surface area contributed by atoms with Crippen LogP contribution in [-0.2, 0) is 4.79 Å². The molecule has 0 spiro atoms. The van der Waals surface area contributed by atoms with E-state index in [1.54, 1.807) is 24.3 Å². The molecule has 0 bridgehead atoms. The number of carbonyl (C=O) groups excluding carboxylic acids is 1. The second kappa shape index (κ2) is 8.04. The van der Waals surface area contributed by atoms with E-state index in [0.29, 0.717) is 17.1 Å². The quantitative estimate of drug-likeness (QED) is 0.751. The number of benzene rings is 2. The highest BCUT2D eigenvalue weighted by Crippen LogP contribution is 2.27. The van der Waals surface area contributed by atoms with Gasteiger partial charge in [0.15, 0.2) is 0 Å². The maximum absolute atomic E-state index is 12.4. The smallest absolute Gasteiger partial charge is 0.335 e. The van der Waals surface area contributed by atoms with Crippen molar-refractivity contribution in [3.63, 3.8) is 0 Å². The number of carboxylic acids is 1. The Labute approximate surface area is 143 Å². The van der Waals surface area contributed by atoms with Crippen molar-refractivity contribution >= 4 is 40.9 Å². The molecule has 4 nitrogen and oxygen atoms in total. The van der Waals surface area contributed by atoms with Gasteiger partial charge in [-0.2, -0.15) is 0 Å². The molecule has 0 radical (unpaired) electrons. The Morgan fingerprint density at radius 1 is 1.13 bits per heavy atom. The molecule has 2 rings (SSSR count). The molecule has 2 aromatic rings. The highest BCUT2D eigenvalue weighted by atomic mass is 35.5. The first-order valence-corrected chi connectivity index (χ1v) is 8.32. The molecule has 23 heavy (non-hydrogen) atoms. The summed E-state index contributed by atoms with van der Waals surface area (Å²) in [6.07, 6.45) is 0.673. The Bertz CT molecular complexity index is 686. The standard InChI is InChI=1S/C17H16ClNO3S/c1-2-15(23-14-9-5-12(18)6-10-14)16(20)19-13-7-3-11(4-8-13)17(21)22/h3-10,15H,2H2,1H3,(H,19,20)(H,21,22)/t15-/m0/s1. The summed E-state index contributed by atoms with van der Waals surface area (Å²) < 4.78 is 0. The second-order valence-corrected chi connectivity index (χ2v) is 6.55. The van der Waals surface area contributed by atoms with E-state index in [1.165, 1.54) is 23.9 Å². The fourth-order valence-electron chi connectivity index (χ4n) is 1.92. The fourth-order valence-corrected chi connectivity index (χ4v) is 3.00. The number of carbonyl (C=O) groups is 2. The van der Waals surface area contributed by atoms with Crippen molar-refractivity contribution in [2.24, 2.45) is 0 Å². The molecular weight excluding hydrogens is 334 g/mol. The summed E-state index contributed by atoms with van der Waals surface area (Å²) in [5.41, 5.74) is 0.765. The maximum Gasteiger partial charge on any atom is 0.335 e. The highest BCUT2D eigenvalue weighted by molar-refractivity contribution is 8.00. The molecule has 1 amide bonds. The van der Waals surface area contributed by atoms with Crippen LogP contribution >= 0.6 is 23.4 Å². The number of hydrogen-bond donors (Lipinski definition) is 2. The van der Waals surface area contributed by atoms with Crippen molar-refractivity contribution in [1.82, 2.24) is 0 Å². The first-order chi connectivity index (χ1) is 11.0. The monoisotopic (exact) mass is 349 g/mol. The Hall–Kier alpha value is -1.98. The minimum Gasteiger partial charge on any atom is -0.478 e. The van der Waals surface area contributed by atoms with E-state index in [1.807, 2.05) is 19.1 Å². The van der Waals surface area contributed by atoms with Crippen LogP contribution in [0, 0.1) is 0 Å². The lowest BCUT2D eigenvalue weighted by molar-refractivity contribution is -0.115. The predicted molar refractivity (Wildman–Crippen MR) is 93.4 cm³/mol. The molecule has 2 N–H and O–H groups in total. The minimum absolute atomic E-state index is 0.115. The lowest BCUT2D eigenvalue weighted by Gasteiger charge is -2.15. The molecule has 6 heteroatoms. The van der Waals surface area contributed by atoms with Gasteiger partial charge in [-0.25, -0.2) is 4.79 Å². The van der Waals surface area contributed by atoms with Crippen molar-refractivity contribution in [3.05, 3.63) is 59.1 Å². The molecule has 2 aromatic carbocycles. The molecule has 0 fully saturated rings. The summed E-state index contributed by atoms with van der Waals surface area (Å²) in [5, 5.41) is 12.1. The van der Waals surface area contributed by atoms with Crippen LogP contribution in [0.5, 0.6) is 0 Å². The largest absolute Gasteiger partial charge is 0.478 e. The fraction of sp³-hybridized carbons (Fsp3) is 0.176. The van der Waals surface area contributed by atoms with Gasteiger partial charge < -0.3 is 10.4 Å². The average molecular weight is 350 g/mol. The number of carboxylic acid groups (broad SMARTS) is 1. The molecule has 0 heterocycles. The number of nitrogens with one attached hydrogen (secondary N) is 1. The van der Waals surface area contributed by atoms with Gasteiger partial charge in [-0.1, -0.05) is 18.5 Å². The molecule has 0 aliphatic rings. The van der Waals surface area contributed by atoms with Gasteiger partial charge in [0.25, 0.3) is 0 Å². The van der Waals surface area contributed by atoms with Crippen LogP contribution in [0.1, 0.15) is 23.7 Å². The normalized spacial score (nSPS) is 11.7. The molecule has 0 aliphatic carbocycles. The van der Waals surface area contributed by atoms with Gasteiger partial charge >= 0.3 is 5.97 Å². The Balaban J connectivity index is 2.01.